The summed E-state index contributed by atoms with van der Waals surface area (Å²) in [6, 6.07) is 0. The zero-order chi connectivity index (χ0) is 15.3. The Bertz CT molecular complexity index is 389. The number of hydrogen-bond donors (Lipinski definition) is 2. The average molecular weight is 284 g/mol. The van der Waals surface area contributed by atoms with E-state index in [1.165, 1.54) is 4.90 Å². The summed E-state index contributed by atoms with van der Waals surface area (Å²) in [5.74, 6) is -1.52. The maximum absolute atomic E-state index is 12.2. The molecule has 1 aliphatic rings. The van der Waals surface area contributed by atoms with Gasteiger partial charge in [-0.1, -0.05) is 19.8 Å². The molecule has 20 heavy (non-hydrogen) atoms. The van der Waals surface area contributed by atoms with Crippen LogP contribution < -0.4 is 5.32 Å². The zero-order valence-corrected chi connectivity index (χ0v) is 12.4. The van der Waals surface area contributed by atoms with E-state index >= 15 is 0 Å². The fraction of sp³-hybridized carbons (Fsp3) is 0.786. The molecule has 6 heteroatoms. The second kappa shape index (κ2) is 6.72. The van der Waals surface area contributed by atoms with E-state index < -0.39 is 11.4 Å². The summed E-state index contributed by atoms with van der Waals surface area (Å²) in [7, 11) is 3.17. The Morgan fingerprint density at radius 3 is 2.30 bits per heavy atom. The minimum absolute atomic E-state index is 0.0271. The van der Waals surface area contributed by atoms with Crippen LogP contribution in [0.3, 0.4) is 0 Å². The number of carbonyl (C=O) groups is 3. The van der Waals surface area contributed by atoms with Gasteiger partial charge >= 0.3 is 5.97 Å². The molecule has 2 amide bonds. The lowest BCUT2D eigenvalue weighted by atomic mass is 9.82. The maximum Gasteiger partial charge on any atom is 0.310 e. The Morgan fingerprint density at radius 1 is 1.30 bits per heavy atom. The lowest BCUT2D eigenvalue weighted by molar-refractivity contribution is -0.153. The van der Waals surface area contributed by atoms with Crippen molar-refractivity contribution in [3.63, 3.8) is 0 Å². The first-order valence-electron chi connectivity index (χ1n) is 7.01. The summed E-state index contributed by atoms with van der Waals surface area (Å²) >= 11 is 0. The van der Waals surface area contributed by atoms with Crippen LogP contribution in [0, 0.1) is 11.3 Å². The number of aliphatic carboxylic acids is 1. The lowest BCUT2D eigenvalue weighted by Crippen LogP contribution is -2.40. The molecule has 0 spiro atoms. The van der Waals surface area contributed by atoms with Crippen LogP contribution in [0.2, 0.25) is 0 Å². The summed E-state index contributed by atoms with van der Waals surface area (Å²) in [4.78, 5) is 36.5. The van der Waals surface area contributed by atoms with Crippen molar-refractivity contribution in [2.45, 2.75) is 39.0 Å². The topological polar surface area (TPSA) is 86.7 Å². The number of carboxylic acid groups (broad SMARTS) is 1. The van der Waals surface area contributed by atoms with Gasteiger partial charge in [0.1, 0.15) is 0 Å². The molecule has 1 saturated carbocycles. The minimum atomic E-state index is -0.901. The number of rotatable bonds is 6. The van der Waals surface area contributed by atoms with Crippen LogP contribution in [0.5, 0.6) is 0 Å². The normalized spacial score (nSPS) is 18.4. The van der Waals surface area contributed by atoms with Crippen LogP contribution in [0.1, 0.15) is 39.0 Å². The van der Waals surface area contributed by atoms with Gasteiger partial charge in [-0.25, -0.2) is 0 Å². The molecule has 0 aromatic carbocycles. The van der Waals surface area contributed by atoms with Gasteiger partial charge in [-0.15, -0.1) is 0 Å². The van der Waals surface area contributed by atoms with Crippen molar-refractivity contribution in [1.29, 1.82) is 0 Å². The van der Waals surface area contributed by atoms with Crippen molar-refractivity contribution in [3.8, 4) is 0 Å². The molecule has 0 saturated heterocycles. The van der Waals surface area contributed by atoms with E-state index in [1.54, 1.807) is 21.0 Å². The number of carbonyl (C=O) groups excluding carboxylic acids is 2. The van der Waals surface area contributed by atoms with E-state index in [0.717, 1.165) is 12.8 Å². The fourth-order valence-corrected chi connectivity index (χ4v) is 2.78. The van der Waals surface area contributed by atoms with Crippen LogP contribution in [0.25, 0.3) is 0 Å². The highest BCUT2D eigenvalue weighted by Gasteiger charge is 2.43. The Hall–Kier alpha value is -1.59. The fourth-order valence-electron chi connectivity index (χ4n) is 2.78. The third-order valence-corrected chi connectivity index (χ3v) is 4.17. The molecule has 0 bridgehead atoms. The largest absolute Gasteiger partial charge is 0.481 e. The van der Waals surface area contributed by atoms with Crippen molar-refractivity contribution in [1.82, 2.24) is 10.2 Å². The first-order valence-corrected chi connectivity index (χ1v) is 7.01. The van der Waals surface area contributed by atoms with Gasteiger partial charge in [0.25, 0.3) is 0 Å². The van der Waals surface area contributed by atoms with E-state index in [9.17, 15) is 19.5 Å². The van der Waals surface area contributed by atoms with E-state index in [-0.39, 0.29) is 24.2 Å². The van der Waals surface area contributed by atoms with Crippen molar-refractivity contribution in [3.05, 3.63) is 0 Å². The molecule has 0 aromatic heterocycles. The van der Waals surface area contributed by atoms with Crippen LogP contribution in [-0.4, -0.2) is 48.4 Å². The van der Waals surface area contributed by atoms with Gasteiger partial charge in [-0.3, -0.25) is 14.4 Å². The van der Waals surface area contributed by atoms with Crippen molar-refractivity contribution < 1.29 is 19.5 Å². The van der Waals surface area contributed by atoms with Crippen LogP contribution >= 0.6 is 0 Å². The standard InChI is InChI=1S/C14H24N2O4/c1-10(12(18)15-2)9-16(3)11(17)8-14(13(19)20)6-4-5-7-14/h10H,4-9H2,1-3H3,(H,15,18)(H,19,20). The van der Waals surface area contributed by atoms with E-state index in [2.05, 4.69) is 5.32 Å². The highest BCUT2D eigenvalue weighted by atomic mass is 16.4. The number of carboxylic acids is 1. The minimum Gasteiger partial charge on any atom is -0.481 e. The van der Waals surface area contributed by atoms with Gasteiger partial charge < -0.3 is 15.3 Å². The summed E-state index contributed by atoms with van der Waals surface area (Å²) in [6.45, 7) is 2.04. The molecule has 6 nitrogen and oxygen atoms in total. The van der Waals surface area contributed by atoms with E-state index in [0.29, 0.717) is 19.4 Å². The summed E-state index contributed by atoms with van der Waals surface area (Å²) in [5.41, 5.74) is -0.901. The van der Waals surface area contributed by atoms with Crippen molar-refractivity contribution >= 4 is 17.8 Å². The lowest BCUT2D eigenvalue weighted by Gasteiger charge is -2.27. The number of hydrogen-bond acceptors (Lipinski definition) is 3. The van der Waals surface area contributed by atoms with Gasteiger partial charge in [0.2, 0.25) is 11.8 Å². The maximum atomic E-state index is 12.2. The Labute approximate surface area is 119 Å². The zero-order valence-electron chi connectivity index (χ0n) is 12.4. The van der Waals surface area contributed by atoms with E-state index in [1.807, 2.05) is 0 Å². The molecule has 0 aliphatic heterocycles. The summed E-state index contributed by atoms with van der Waals surface area (Å²) in [5, 5.41) is 11.9. The summed E-state index contributed by atoms with van der Waals surface area (Å²) < 4.78 is 0. The first kappa shape index (κ1) is 16.5. The Kier molecular flexibility index (Phi) is 5.53. The quantitative estimate of drug-likeness (QED) is 0.757. The predicted octanol–water partition coefficient (Wildman–Crippen LogP) is 0.862. The highest BCUT2D eigenvalue weighted by Crippen LogP contribution is 2.41. The molecule has 2 N–H and O–H groups in total. The molecule has 114 valence electrons. The molecule has 0 radical (unpaired) electrons. The molecule has 1 rings (SSSR count). The van der Waals surface area contributed by atoms with Gasteiger partial charge in [0, 0.05) is 27.1 Å². The van der Waals surface area contributed by atoms with E-state index in [4.69, 9.17) is 0 Å². The average Bonchev–Trinajstić information content (AvgIpc) is 2.87. The van der Waals surface area contributed by atoms with Crippen LogP contribution in [0.15, 0.2) is 0 Å². The molecule has 1 atom stereocenters. The van der Waals surface area contributed by atoms with Crippen LogP contribution in [-0.2, 0) is 14.4 Å². The second-order valence-electron chi connectivity index (χ2n) is 5.76. The number of nitrogens with one attached hydrogen (secondary N) is 1. The first-order chi connectivity index (χ1) is 9.32. The molecule has 0 aromatic rings. The van der Waals surface area contributed by atoms with Gasteiger partial charge in [-0.05, 0) is 12.8 Å². The third-order valence-electron chi connectivity index (χ3n) is 4.17. The Balaban J connectivity index is 2.61. The smallest absolute Gasteiger partial charge is 0.310 e. The monoisotopic (exact) mass is 284 g/mol. The van der Waals surface area contributed by atoms with Gasteiger partial charge in [0.15, 0.2) is 0 Å². The number of amides is 2. The van der Waals surface area contributed by atoms with Gasteiger partial charge in [0.05, 0.1) is 11.3 Å². The van der Waals surface area contributed by atoms with Gasteiger partial charge in [-0.2, -0.15) is 0 Å². The third kappa shape index (κ3) is 3.71. The SMILES string of the molecule is CNC(=O)C(C)CN(C)C(=O)CC1(C(=O)O)CCCC1. The molecular weight excluding hydrogens is 260 g/mol. The second-order valence-corrected chi connectivity index (χ2v) is 5.76. The molecule has 1 aliphatic carbocycles. The Morgan fingerprint density at radius 2 is 1.85 bits per heavy atom. The molecule has 0 heterocycles. The molecule has 1 unspecified atom stereocenters. The van der Waals surface area contributed by atoms with Crippen molar-refractivity contribution in [2.75, 3.05) is 20.6 Å². The van der Waals surface area contributed by atoms with Crippen LogP contribution in [0.4, 0.5) is 0 Å². The molecular formula is C14H24N2O4. The van der Waals surface area contributed by atoms with Crippen molar-refractivity contribution in [2.24, 2.45) is 11.3 Å². The highest BCUT2D eigenvalue weighted by molar-refractivity contribution is 5.85. The number of nitrogens with zero attached hydrogens (tertiary/aromatic N) is 1. The molecule has 1 fully saturated rings. The summed E-state index contributed by atoms with van der Waals surface area (Å²) in [6.07, 6.45) is 2.87. The predicted molar refractivity (Wildman–Crippen MR) is 74.0 cm³/mol.